The van der Waals surface area contributed by atoms with Crippen LogP contribution >= 0.6 is 24.4 Å². The standard InChI is InChI=1S/C19H20N4O2S2/c1-3-16(24)22-18(26)20-14-7-9-15(10-8-14)21-19(27)23-17(25)13-6-4-5-12(2)11-13/h4-11H,3H2,1-2H3,(H2,20,22,24,26)(H2,21,23,25,27). The van der Waals surface area contributed by atoms with E-state index in [1.165, 1.54) is 0 Å². The zero-order chi connectivity index (χ0) is 19.8. The number of carbonyl (C=O) groups excluding carboxylic acids is 2. The molecule has 2 amide bonds. The van der Waals surface area contributed by atoms with E-state index in [0.717, 1.165) is 11.3 Å². The average Bonchev–Trinajstić information content (AvgIpc) is 2.63. The number of hydrogen-bond acceptors (Lipinski definition) is 4. The first kappa shape index (κ1) is 20.5. The number of amides is 2. The van der Waals surface area contributed by atoms with Crippen LogP contribution in [-0.4, -0.2) is 22.0 Å². The van der Waals surface area contributed by atoms with Crippen molar-refractivity contribution in [3.05, 3.63) is 59.7 Å². The van der Waals surface area contributed by atoms with Crippen molar-refractivity contribution in [1.82, 2.24) is 10.6 Å². The first-order valence-corrected chi connectivity index (χ1v) is 9.09. The molecule has 8 heteroatoms. The molecule has 6 nitrogen and oxygen atoms in total. The Morgan fingerprint density at radius 2 is 1.44 bits per heavy atom. The highest BCUT2D eigenvalue weighted by atomic mass is 32.1. The van der Waals surface area contributed by atoms with Gasteiger partial charge in [0.05, 0.1) is 0 Å². The van der Waals surface area contributed by atoms with E-state index in [0.29, 0.717) is 17.7 Å². The van der Waals surface area contributed by atoms with Gasteiger partial charge in [0.1, 0.15) is 0 Å². The van der Waals surface area contributed by atoms with E-state index in [1.54, 1.807) is 43.3 Å². The van der Waals surface area contributed by atoms with Crippen LogP contribution in [0.1, 0.15) is 29.3 Å². The van der Waals surface area contributed by atoms with Crippen LogP contribution in [-0.2, 0) is 4.79 Å². The number of carbonyl (C=O) groups is 2. The van der Waals surface area contributed by atoms with E-state index in [4.69, 9.17) is 24.4 Å². The molecular weight excluding hydrogens is 380 g/mol. The third-order valence-corrected chi connectivity index (χ3v) is 3.89. The Labute approximate surface area is 168 Å². The van der Waals surface area contributed by atoms with Crippen molar-refractivity contribution in [3.63, 3.8) is 0 Å². The summed E-state index contributed by atoms with van der Waals surface area (Å²) in [6.45, 7) is 3.67. The second-order valence-electron chi connectivity index (χ2n) is 5.71. The summed E-state index contributed by atoms with van der Waals surface area (Å²) >= 11 is 10.2. The lowest BCUT2D eigenvalue weighted by molar-refractivity contribution is -0.119. The molecular formula is C19H20N4O2S2. The van der Waals surface area contributed by atoms with Gasteiger partial charge in [-0.15, -0.1) is 0 Å². The molecule has 0 aliphatic heterocycles. The maximum absolute atomic E-state index is 12.2. The molecule has 0 aliphatic carbocycles. The largest absolute Gasteiger partial charge is 0.332 e. The lowest BCUT2D eigenvalue weighted by atomic mass is 10.1. The topological polar surface area (TPSA) is 82.3 Å². The van der Waals surface area contributed by atoms with Gasteiger partial charge >= 0.3 is 0 Å². The number of anilines is 2. The lowest BCUT2D eigenvalue weighted by Gasteiger charge is -2.12. The third kappa shape index (κ3) is 6.76. The van der Waals surface area contributed by atoms with E-state index in [1.807, 2.05) is 19.1 Å². The van der Waals surface area contributed by atoms with Crippen molar-refractivity contribution in [2.45, 2.75) is 20.3 Å². The average molecular weight is 401 g/mol. The van der Waals surface area contributed by atoms with Gasteiger partial charge in [0.2, 0.25) is 5.91 Å². The molecule has 0 aliphatic rings. The molecule has 0 radical (unpaired) electrons. The van der Waals surface area contributed by atoms with E-state index < -0.39 is 0 Å². The summed E-state index contributed by atoms with van der Waals surface area (Å²) in [4.78, 5) is 23.5. The van der Waals surface area contributed by atoms with Gasteiger partial charge in [0.25, 0.3) is 5.91 Å². The normalized spacial score (nSPS) is 9.85. The number of rotatable bonds is 4. The van der Waals surface area contributed by atoms with Crippen LogP contribution in [0.15, 0.2) is 48.5 Å². The molecule has 0 saturated heterocycles. The Morgan fingerprint density at radius 1 is 0.889 bits per heavy atom. The molecule has 2 aromatic carbocycles. The zero-order valence-electron chi connectivity index (χ0n) is 15.0. The van der Waals surface area contributed by atoms with Gasteiger partial charge in [-0.1, -0.05) is 24.6 Å². The molecule has 0 bridgehead atoms. The van der Waals surface area contributed by atoms with Gasteiger partial charge in [-0.25, -0.2) is 0 Å². The maximum Gasteiger partial charge on any atom is 0.257 e. The van der Waals surface area contributed by atoms with Crippen LogP contribution < -0.4 is 21.3 Å². The minimum absolute atomic E-state index is 0.152. The number of benzene rings is 2. The number of hydrogen-bond donors (Lipinski definition) is 4. The minimum Gasteiger partial charge on any atom is -0.332 e. The molecule has 0 spiro atoms. The van der Waals surface area contributed by atoms with Crippen LogP contribution in [0.2, 0.25) is 0 Å². The van der Waals surface area contributed by atoms with E-state index in [2.05, 4.69) is 21.3 Å². The molecule has 0 heterocycles. The molecule has 2 rings (SSSR count). The third-order valence-electron chi connectivity index (χ3n) is 3.48. The number of aryl methyl sites for hydroxylation is 1. The van der Waals surface area contributed by atoms with E-state index >= 15 is 0 Å². The Hall–Kier alpha value is -2.84. The maximum atomic E-state index is 12.2. The molecule has 0 fully saturated rings. The Balaban J connectivity index is 1.88. The Kier molecular flexibility index (Phi) is 7.39. The molecule has 27 heavy (non-hydrogen) atoms. The fourth-order valence-electron chi connectivity index (χ4n) is 2.14. The molecule has 0 unspecified atom stereocenters. The van der Waals surface area contributed by atoms with Crippen molar-refractivity contribution in [1.29, 1.82) is 0 Å². The Bertz CT molecular complexity index is 866. The van der Waals surface area contributed by atoms with E-state index in [9.17, 15) is 9.59 Å². The van der Waals surface area contributed by atoms with Gasteiger partial charge in [-0.3, -0.25) is 14.9 Å². The lowest BCUT2D eigenvalue weighted by Crippen LogP contribution is -2.34. The highest BCUT2D eigenvalue weighted by molar-refractivity contribution is 7.80. The Morgan fingerprint density at radius 3 is 1.96 bits per heavy atom. The minimum atomic E-state index is -0.272. The summed E-state index contributed by atoms with van der Waals surface area (Å²) < 4.78 is 0. The van der Waals surface area contributed by atoms with Crippen molar-refractivity contribution in [3.8, 4) is 0 Å². The second-order valence-corrected chi connectivity index (χ2v) is 6.53. The summed E-state index contributed by atoms with van der Waals surface area (Å²) in [5.74, 6) is -0.424. The molecule has 140 valence electrons. The van der Waals surface area contributed by atoms with Crippen molar-refractivity contribution >= 4 is 57.8 Å². The fraction of sp³-hybridized carbons (Fsp3) is 0.158. The summed E-state index contributed by atoms with van der Waals surface area (Å²) in [5.41, 5.74) is 2.97. The monoisotopic (exact) mass is 400 g/mol. The van der Waals surface area contributed by atoms with Gasteiger partial charge in [0, 0.05) is 23.4 Å². The molecule has 0 saturated carbocycles. The van der Waals surface area contributed by atoms with Crippen LogP contribution in [0.25, 0.3) is 0 Å². The predicted molar refractivity (Wildman–Crippen MR) is 116 cm³/mol. The smallest absolute Gasteiger partial charge is 0.257 e. The molecule has 0 aromatic heterocycles. The van der Waals surface area contributed by atoms with Crippen LogP contribution in [0.5, 0.6) is 0 Å². The molecule has 0 atom stereocenters. The number of nitrogens with one attached hydrogen (secondary N) is 4. The first-order valence-electron chi connectivity index (χ1n) is 8.27. The zero-order valence-corrected chi connectivity index (χ0v) is 16.6. The number of thiocarbonyl (C=S) groups is 2. The highest BCUT2D eigenvalue weighted by Crippen LogP contribution is 2.13. The SMILES string of the molecule is CCC(=O)NC(=S)Nc1ccc(NC(=S)NC(=O)c2cccc(C)c2)cc1. The van der Waals surface area contributed by atoms with Crippen molar-refractivity contribution in [2.75, 3.05) is 10.6 Å². The van der Waals surface area contributed by atoms with Crippen LogP contribution in [0.4, 0.5) is 11.4 Å². The van der Waals surface area contributed by atoms with Crippen molar-refractivity contribution in [2.24, 2.45) is 0 Å². The van der Waals surface area contributed by atoms with Gasteiger partial charge < -0.3 is 16.0 Å². The first-order chi connectivity index (χ1) is 12.9. The predicted octanol–water partition coefficient (Wildman–Crippen LogP) is 3.34. The van der Waals surface area contributed by atoms with Crippen LogP contribution in [0, 0.1) is 6.92 Å². The van der Waals surface area contributed by atoms with Gasteiger partial charge in [0.15, 0.2) is 10.2 Å². The van der Waals surface area contributed by atoms with Crippen molar-refractivity contribution < 1.29 is 9.59 Å². The van der Waals surface area contributed by atoms with Crippen LogP contribution in [0.3, 0.4) is 0 Å². The summed E-state index contributed by atoms with van der Waals surface area (Å²) in [6.07, 6.45) is 0.358. The molecule has 2 aromatic rings. The molecule has 4 N–H and O–H groups in total. The second kappa shape index (κ2) is 9.75. The van der Waals surface area contributed by atoms with E-state index in [-0.39, 0.29) is 22.0 Å². The highest BCUT2D eigenvalue weighted by Gasteiger charge is 2.08. The van der Waals surface area contributed by atoms with Gasteiger partial charge in [-0.05, 0) is 67.8 Å². The quantitative estimate of drug-likeness (QED) is 0.590. The van der Waals surface area contributed by atoms with Gasteiger partial charge in [-0.2, -0.15) is 0 Å². The summed E-state index contributed by atoms with van der Waals surface area (Å²) in [7, 11) is 0. The summed E-state index contributed by atoms with van der Waals surface area (Å²) in [5, 5.41) is 11.5. The fourth-order valence-corrected chi connectivity index (χ4v) is 2.58. The summed E-state index contributed by atoms with van der Waals surface area (Å²) in [6, 6.07) is 14.4.